The van der Waals surface area contributed by atoms with Crippen molar-refractivity contribution < 1.29 is 10.3 Å². The van der Waals surface area contributed by atoms with E-state index in [0.29, 0.717) is 0 Å². The van der Waals surface area contributed by atoms with Gasteiger partial charge in [0.1, 0.15) is 17.2 Å². The Balaban J connectivity index is 0.00000180. The van der Waals surface area contributed by atoms with Gasteiger partial charge >= 0.3 is 1.43 Å². The van der Waals surface area contributed by atoms with Crippen LogP contribution >= 0.6 is 0 Å². The summed E-state index contributed by atoms with van der Waals surface area (Å²) in [4.78, 5) is 4.44. The minimum Gasteiger partial charge on any atom is -0.541 e. The Bertz CT molecular complexity index is 538. The van der Waals surface area contributed by atoms with Crippen LogP contribution in [0.25, 0.3) is 0 Å². The van der Waals surface area contributed by atoms with Crippen molar-refractivity contribution in [1.29, 1.82) is 0 Å². The molecule has 0 saturated heterocycles. The van der Waals surface area contributed by atoms with Gasteiger partial charge in [0, 0.05) is 0 Å². The van der Waals surface area contributed by atoms with E-state index < -0.39 is 9.04 Å². The van der Waals surface area contributed by atoms with Gasteiger partial charge in [-0.05, 0) is 43.8 Å². The summed E-state index contributed by atoms with van der Waals surface area (Å²) in [5.41, 5.74) is 1.95. The monoisotopic (exact) mass is 259 g/mol. The topological polar surface area (TPSA) is 34.7 Å². The van der Waals surface area contributed by atoms with E-state index in [1.165, 1.54) is 0 Å². The molecule has 0 fully saturated rings. The van der Waals surface area contributed by atoms with Gasteiger partial charge in [-0.3, -0.25) is 0 Å². The van der Waals surface area contributed by atoms with E-state index in [1.807, 2.05) is 37.3 Å². The largest absolute Gasteiger partial charge is 1.00 e. The lowest BCUT2D eigenvalue weighted by molar-refractivity contribution is 0.560. The van der Waals surface area contributed by atoms with E-state index in [4.69, 9.17) is 8.84 Å². The molecule has 0 amide bonds. The van der Waals surface area contributed by atoms with E-state index >= 15 is 0 Å². The standard InChI is InChI=1S/C14H16NO2Si/c1-11-6-4-8-13(14(11)17-18(2)3)15-10-12-7-5-9-16-12/h4-10H,1-3H3/p+1. The summed E-state index contributed by atoms with van der Waals surface area (Å²) in [6, 6.07) is 9.68. The molecule has 1 aromatic heterocycles. The number of nitrogens with zero attached hydrogens (tertiary/aromatic N) is 1. The fourth-order valence-electron chi connectivity index (χ4n) is 1.57. The number of hydrogen-bond acceptors (Lipinski definition) is 3. The van der Waals surface area contributed by atoms with Crippen LogP contribution in [0.15, 0.2) is 46.0 Å². The second-order valence-corrected chi connectivity index (χ2v) is 6.23. The molecular weight excluding hydrogens is 242 g/mol. The van der Waals surface area contributed by atoms with E-state index in [1.54, 1.807) is 12.5 Å². The highest BCUT2D eigenvalue weighted by Gasteiger charge is 2.08. The van der Waals surface area contributed by atoms with Gasteiger partial charge in [0.2, 0.25) is 0 Å². The molecule has 1 aromatic carbocycles. The SMILES string of the molecule is Cc1cccc(N=Cc2ccco2)c1O[Si](C)C.[H+]. The first-order valence-corrected chi connectivity index (χ1v) is 8.23. The molecule has 1 radical (unpaired) electrons. The molecule has 2 rings (SSSR count). The average molecular weight is 259 g/mol. The van der Waals surface area contributed by atoms with Crippen LogP contribution in [0.1, 0.15) is 12.8 Å². The highest BCUT2D eigenvalue weighted by Crippen LogP contribution is 2.31. The van der Waals surface area contributed by atoms with Gasteiger partial charge in [0.25, 0.3) is 9.04 Å². The maximum absolute atomic E-state index is 5.90. The number of benzene rings is 1. The Morgan fingerprint density at radius 1 is 1.28 bits per heavy atom. The van der Waals surface area contributed by atoms with Crippen LogP contribution in [0.5, 0.6) is 5.75 Å². The van der Waals surface area contributed by atoms with Crippen LogP contribution in [0.3, 0.4) is 0 Å². The molecule has 1 heterocycles. The van der Waals surface area contributed by atoms with E-state index in [9.17, 15) is 0 Å². The van der Waals surface area contributed by atoms with Gasteiger partial charge in [-0.25, -0.2) is 4.99 Å². The number of furan rings is 1. The molecule has 18 heavy (non-hydrogen) atoms. The van der Waals surface area contributed by atoms with Crippen molar-refractivity contribution in [2.75, 3.05) is 0 Å². The van der Waals surface area contributed by atoms with Crippen molar-refractivity contribution in [2.24, 2.45) is 4.99 Å². The third-order valence-electron chi connectivity index (χ3n) is 2.37. The second-order valence-electron chi connectivity index (χ2n) is 4.21. The molecule has 0 saturated carbocycles. The number of para-hydroxylation sites is 1. The third-order valence-corrected chi connectivity index (χ3v) is 2.98. The van der Waals surface area contributed by atoms with Gasteiger partial charge in [0.15, 0.2) is 0 Å². The fraction of sp³-hybridized carbons (Fsp3) is 0.214. The fourth-order valence-corrected chi connectivity index (χ4v) is 2.25. The number of aliphatic imine (C=N–C) groups is 1. The number of hydrogen-bond donors (Lipinski definition) is 0. The Morgan fingerprint density at radius 3 is 2.78 bits per heavy atom. The summed E-state index contributed by atoms with van der Waals surface area (Å²) in [7, 11) is -0.800. The molecule has 4 heteroatoms. The Hall–Kier alpha value is -1.81. The van der Waals surface area contributed by atoms with Crippen molar-refractivity contribution in [3.05, 3.63) is 47.9 Å². The molecule has 0 unspecified atom stereocenters. The smallest absolute Gasteiger partial charge is 0.541 e. The van der Waals surface area contributed by atoms with E-state index in [0.717, 1.165) is 22.8 Å². The quantitative estimate of drug-likeness (QED) is 0.612. The maximum atomic E-state index is 5.90. The predicted octanol–water partition coefficient (Wildman–Crippen LogP) is 4.08. The zero-order chi connectivity index (χ0) is 13.0. The molecule has 0 aliphatic carbocycles. The molecular formula is C14H17NO2Si+. The summed E-state index contributed by atoms with van der Waals surface area (Å²) in [6.07, 6.45) is 3.34. The molecule has 0 N–H and O–H groups in total. The highest BCUT2D eigenvalue weighted by molar-refractivity contribution is 6.49. The molecule has 93 valence electrons. The Kier molecular flexibility index (Phi) is 3.99. The minimum atomic E-state index is -0.800. The van der Waals surface area contributed by atoms with Crippen LogP contribution in [0, 0.1) is 6.92 Å². The van der Waals surface area contributed by atoms with Crippen molar-refractivity contribution in [2.45, 2.75) is 20.0 Å². The highest BCUT2D eigenvalue weighted by atomic mass is 28.3. The molecule has 0 aliphatic heterocycles. The molecule has 0 atom stereocenters. The maximum Gasteiger partial charge on any atom is 1.00 e. The van der Waals surface area contributed by atoms with Crippen LogP contribution in [0.2, 0.25) is 13.1 Å². The lowest BCUT2D eigenvalue weighted by Gasteiger charge is -2.13. The molecule has 0 spiro atoms. The summed E-state index contributed by atoms with van der Waals surface area (Å²) >= 11 is 0. The van der Waals surface area contributed by atoms with Crippen LogP contribution in [-0.2, 0) is 0 Å². The normalized spacial score (nSPS) is 11.3. The zero-order valence-electron chi connectivity index (χ0n) is 11.8. The molecule has 0 aliphatic rings. The molecule has 2 aromatic rings. The second kappa shape index (κ2) is 5.69. The molecule has 0 bridgehead atoms. The van der Waals surface area contributed by atoms with Crippen molar-refractivity contribution in [3.63, 3.8) is 0 Å². The zero-order valence-corrected chi connectivity index (χ0v) is 11.8. The number of rotatable bonds is 4. The summed E-state index contributed by atoms with van der Waals surface area (Å²) in [5, 5.41) is 0. The number of aryl methyl sites for hydroxylation is 1. The minimum absolute atomic E-state index is 0. The predicted molar refractivity (Wildman–Crippen MR) is 76.4 cm³/mol. The van der Waals surface area contributed by atoms with Crippen LogP contribution in [0.4, 0.5) is 5.69 Å². The van der Waals surface area contributed by atoms with Gasteiger partial charge in [0.05, 0.1) is 12.5 Å². The van der Waals surface area contributed by atoms with Gasteiger partial charge < -0.3 is 8.84 Å². The Labute approximate surface area is 110 Å². The van der Waals surface area contributed by atoms with Gasteiger partial charge in [-0.1, -0.05) is 12.1 Å². The first kappa shape index (κ1) is 12.6. The van der Waals surface area contributed by atoms with Crippen LogP contribution < -0.4 is 4.43 Å². The summed E-state index contributed by atoms with van der Waals surface area (Å²) in [6.45, 7) is 6.25. The lowest BCUT2D eigenvalue weighted by atomic mass is 10.2. The van der Waals surface area contributed by atoms with Crippen molar-refractivity contribution in [1.82, 2.24) is 0 Å². The van der Waals surface area contributed by atoms with Gasteiger partial charge in [-0.15, -0.1) is 0 Å². The summed E-state index contributed by atoms with van der Waals surface area (Å²) in [5.74, 6) is 1.61. The molecule has 3 nitrogen and oxygen atoms in total. The van der Waals surface area contributed by atoms with E-state index in [-0.39, 0.29) is 1.43 Å². The van der Waals surface area contributed by atoms with Crippen LogP contribution in [-0.4, -0.2) is 15.3 Å². The van der Waals surface area contributed by atoms with Gasteiger partial charge in [-0.2, -0.15) is 0 Å². The third kappa shape index (κ3) is 3.11. The first-order valence-electron chi connectivity index (χ1n) is 5.82. The Morgan fingerprint density at radius 2 is 2.11 bits per heavy atom. The van der Waals surface area contributed by atoms with E-state index in [2.05, 4.69) is 18.1 Å². The average Bonchev–Trinajstić information content (AvgIpc) is 2.82. The van der Waals surface area contributed by atoms with Crippen molar-refractivity contribution in [3.8, 4) is 5.75 Å². The van der Waals surface area contributed by atoms with Crippen molar-refractivity contribution >= 4 is 20.9 Å². The first-order chi connectivity index (χ1) is 8.66. The lowest BCUT2D eigenvalue weighted by Crippen LogP contribution is -2.12. The summed E-state index contributed by atoms with van der Waals surface area (Å²) < 4.78 is 11.1.